The van der Waals surface area contributed by atoms with Crippen molar-refractivity contribution in [2.24, 2.45) is 0 Å². The van der Waals surface area contributed by atoms with Gasteiger partial charge in [-0.2, -0.15) is 0 Å². The number of benzene rings is 1. The van der Waals surface area contributed by atoms with Gasteiger partial charge in [-0.25, -0.2) is 9.37 Å². The first-order valence-corrected chi connectivity index (χ1v) is 7.08. The largest absolute Gasteiger partial charge is 0.481 e. The molecule has 0 saturated heterocycles. The molecule has 0 aliphatic heterocycles. The molecule has 0 spiro atoms. The molecular formula is C16H14FN5O2. The van der Waals surface area contributed by atoms with E-state index in [-0.39, 0.29) is 17.3 Å². The molecule has 2 aromatic heterocycles. The summed E-state index contributed by atoms with van der Waals surface area (Å²) >= 11 is 0. The number of hydrogen-bond donors (Lipinski definition) is 1. The van der Waals surface area contributed by atoms with Gasteiger partial charge in [-0.05, 0) is 30.3 Å². The number of pyridine rings is 1. The monoisotopic (exact) mass is 327 g/mol. The minimum Gasteiger partial charge on any atom is -0.481 e. The van der Waals surface area contributed by atoms with Crippen LogP contribution in [0.25, 0.3) is 5.69 Å². The zero-order chi connectivity index (χ0) is 17.1. The number of rotatable bonds is 5. The van der Waals surface area contributed by atoms with E-state index in [4.69, 9.17) is 4.74 Å². The highest BCUT2D eigenvalue weighted by atomic mass is 19.1. The van der Waals surface area contributed by atoms with Crippen LogP contribution in [0.5, 0.6) is 5.88 Å². The summed E-state index contributed by atoms with van der Waals surface area (Å²) in [6.07, 6.45) is 1.56. The van der Waals surface area contributed by atoms with Crippen molar-refractivity contribution in [2.75, 3.05) is 12.4 Å². The molecular weight excluding hydrogens is 313 g/mol. The molecule has 3 aromatic rings. The highest BCUT2D eigenvalue weighted by Gasteiger charge is 2.16. The van der Waals surface area contributed by atoms with Crippen LogP contribution < -0.4 is 10.1 Å². The summed E-state index contributed by atoms with van der Waals surface area (Å²) in [5, 5.41) is 11.4. The lowest BCUT2D eigenvalue weighted by Crippen LogP contribution is -2.01. The molecule has 1 aromatic carbocycles. The van der Waals surface area contributed by atoms with Crippen LogP contribution in [-0.2, 0) is 0 Å². The molecule has 8 heteroatoms. The molecule has 0 aliphatic rings. The van der Waals surface area contributed by atoms with Crippen molar-refractivity contribution in [2.45, 2.75) is 6.92 Å². The van der Waals surface area contributed by atoms with Gasteiger partial charge in [-0.1, -0.05) is 0 Å². The number of halogens is 1. The third-order valence-corrected chi connectivity index (χ3v) is 3.21. The van der Waals surface area contributed by atoms with Crippen molar-refractivity contribution in [3.05, 3.63) is 54.1 Å². The van der Waals surface area contributed by atoms with Gasteiger partial charge < -0.3 is 10.1 Å². The molecule has 24 heavy (non-hydrogen) atoms. The van der Waals surface area contributed by atoms with E-state index in [0.717, 1.165) is 0 Å². The molecule has 0 aliphatic carbocycles. The third kappa shape index (κ3) is 3.22. The van der Waals surface area contributed by atoms with Gasteiger partial charge in [0.25, 0.3) is 0 Å². The first-order chi connectivity index (χ1) is 11.6. The minimum absolute atomic E-state index is 0.176. The SMILES string of the molecule is COc1ccc(Nc2nn(-c3ccc(F)cc3)nc2C(C)=O)cn1. The number of Topliss-reactive ketones (excluding diaryl/α,β-unsaturated/α-hetero) is 1. The summed E-state index contributed by atoms with van der Waals surface area (Å²) in [5.74, 6) is 0.161. The van der Waals surface area contributed by atoms with E-state index in [2.05, 4.69) is 20.5 Å². The van der Waals surface area contributed by atoms with Gasteiger partial charge in [0.2, 0.25) is 5.88 Å². The van der Waals surface area contributed by atoms with Crippen molar-refractivity contribution in [3.8, 4) is 11.6 Å². The normalized spacial score (nSPS) is 10.5. The fraction of sp³-hybridized carbons (Fsp3) is 0.125. The predicted molar refractivity (Wildman–Crippen MR) is 85.4 cm³/mol. The summed E-state index contributed by atoms with van der Waals surface area (Å²) in [6, 6.07) is 9.07. The second-order valence-corrected chi connectivity index (χ2v) is 4.93. The smallest absolute Gasteiger partial charge is 0.213 e. The van der Waals surface area contributed by atoms with Crippen molar-refractivity contribution in [1.82, 2.24) is 20.0 Å². The number of carbonyl (C=O) groups is 1. The second kappa shape index (κ2) is 6.45. The highest BCUT2D eigenvalue weighted by molar-refractivity contribution is 5.97. The summed E-state index contributed by atoms with van der Waals surface area (Å²) in [4.78, 5) is 17.2. The summed E-state index contributed by atoms with van der Waals surface area (Å²) in [7, 11) is 1.53. The second-order valence-electron chi connectivity index (χ2n) is 4.93. The Bertz CT molecular complexity index is 859. The highest BCUT2D eigenvalue weighted by Crippen LogP contribution is 2.20. The van der Waals surface area contributed by atoms with E-state index >= 15 is 0 Å². The Morgan fingerprint density at radius 2 is 1.92 bits per heavy atom. The maximum atomic E-state index is 13.0. The average molecular weight is 327 g/mol. The van der Waals surface area contributed by atoms with Gasteiger partial charge in [0.15, 0.2) is 17.3 Å². The Labute approximate surface area is 137 Å². The van der Waals surface area contributed by atoms with Crippen molar-refractivity contribution < 1.29 is 13.9 Å². The van der Waals surface area contributed by atoms with E-state index in [0.29, 0.717) is 23.1 Å². The van der Waals surface area contributed by atoms with Crippen LogP contribution >= 0.6 is 0 Å². The van der Waals surface area contributed by atoms with Crippen molar-refractivity contribution in [3.63, 3.8) is 0 Å². The maximum Gasteiger partial charge on any atom is 0.213 e. The van der Waals surface area contributed by atoms with Gasteiger partial charge in [-0.15, -0.1) is 15.0 Å². The van der Waals surface area contributed by atoms with Crippen molar-refractivity contribution in [1.29, 1.82) is 0 Å². The Morgan fingerprint density at radius 1 is 1.17 bits per heavy atom. The summed E-state index contributed by atoms with van der Waals surface area (Å²) in [6.45, 7) is 1.40. The molecule has 0 amide bonds. The molecule has 7 nitrogen and oxygen atoms in total. The van der Waals surface area contributed by atoms with Crippen LogP contribution in [0.15, 0.2) is 42.6 Å². The number of nitrogens with one attached hydrogen (secondary N) is 1. The fourth-order valence-electron chi connectivity index (χ4n) is 2.03. The van der Waals surface area contributed by atoms with Gasteiger partial charge in [-0.3, -0.25) is 4.79 Å². The molecule has 0 fully saturated rings. The van der Waals surface area contributed by atoms with Crippen LogP contribution in [-0.4, -0.2) is 32.9 Å². The van der Waals surface area contributed by atoms with Crippen LogP contribution in [0.3, 0.4) is 0 Å². The number of anilines is 2. The topological polar surface area (TPSA) is 81.9 Å². The van der Waals surface area contributed by atoms with E-state index in [1.807, 2.05) is 0 Å². The first kappa shape index (κ1) is 15.6. The third-order valence-electron chi connectivity index (χ3n) is 3.21. The quantitative estimate of drug-likeness (QED) is 0.726. The Balaban J connectivity index is 1.93. The Hall–Kier alpha value is -3.29. The lowest BCUT2D eigenvalue weighted by Gasteiger charge is -2.04. The number of hydrogen-bond acceptors (Lipinski definition) is 6. The molecule has 0 radical (unpaired) electrons. The number of carbonyl (C=O) groups excluding carboxylic acids is 1. The van der Waals surface area contributed by atoms with Gasteiger partial charge in [0.05, 0.1) is 24.7 Å². The molecule has 2 heterocycles. The lowest BCUT2D eigenvalue weighted by atomic mass is 10.3. The number of ketones is 1. The molecule has 3 rings (SSSR count). The number of methoxy groups -OCH3 is 1. The average Bonchev–Trinajstić information content (AvgIpc) is 3.00. The molecule has 0 saturated carbocycles. The molecule has 0 atom stereocenters. The number of nitrogens with zero attached hydrogens (tertiary/aromatic N) is 4. The maximum absolute atomic E-state index is 13.0. The number of ether oxygens (including phenoxy) is 1. The van der Waals surface area contributed by atoms with E-state index in [1.54, 1.807) is 18.3 Å². The van der Waals surface area contributed by atoms with E-state index in [1.165, 1.54) is 43.1 Å². The fourth-order valence-corrected chi connectivity index (χ4v) is 2.03. The van der Waals surface area contributed by atoms with Crippen molar-refractivity contribution >= 4 is 17.3 Å². The summed E-state index contributed by atoms with van der Waals surface area (Å²) in [5.41, 5.74) is 1.35. The zero-order valence-corrected chi connectivity index (χ0v) is 13.0. The standard InChI is InChI=1S/C16H14FN5O2/c1-10(23)15-16(19-12-5-8-14(24-2)18-9-12)21-22(20-15)13-6-3-11(17)4-7-13/h3-9H,1-2H3,(H,19,21). The van der Waals surface area contributed by atoms with Gasteiger partial charge in [0, 0.05) is 13.0 Å². The lowest BCUT2D eigenvalue weighted by molar-refractivity contribution is 0.101. The Morgan fingerprint density at radius 3 is 2.50 bits per heavy atom. The van der Waals surface area contributed by atoms with Crippen LogP contribution in [0.2, 0.25) is 0 Å². The van der Waals surface area contributed by atoms with E-state index < -0.39 is 0 Å². The predicted octanol–water partition coefficient (Wildman–Crippen LogP) is 2.76. The van der Waals surface area contributed by atoms with Gasteiger partial charge in [0.1, 0.15) is 5.82 Å². The van der Waals surface area contributed by atoms with Gasteiger partial charge >= 0.3 is 0 Å². The van der Waals surface area contributed by atoms with Crippen LogP contribution in [0, 0.1) is 5.82 Å². The first-order valence-electron chi connectivity index (χ1n) is 7.08. The molecule has 0 unspecified atom stereocenters. The zero-order valence-electron chi connectivity index (χ0n) is 13.0. The van der Waals surface area contributed by atoms with Crippen LogP contribution in [0.4, 0.5) is 15.9 Å². The van der Waals surface area contributed by atoms with Crippen LogP contribution in [0.1, 0.15) is 17.4 Å². The molecule has 1 N–H and O–H groups in total. The molecule has 122 valence electrons. The number of aromatic nitrogens is 4. The molecule has 0 bridgehead atoms. The summed E-state index contributed by atoms with van der Waals surface area (Å²) < 4.78 is 18.0. The Kier molecular flexibility index (Phi) is 4.19. The van der Waals surface area contributed by atoms with E-state index in [9.17, 15) is 9.18 Å². The minimum atomic E-state index is -0.361.